The molecule has 0 aliphatic heterocycles. The smallest absolute Gasteiger partial charge is 0.358 e. The van der Waals surface area contributed by atoms with E-state index in [4.69, 9.17) is 9.47 Å². The molecule has 2 rings (SSSR count). The van der Waals surface area contributed by atoms with Crippen LogP contribution in [-0.4, -0.2) is 29.5 Å². The Hall–Kier alpha value is -2.21. The Labute approximate surface area is 126 Å². The van der Waals surface area contributed by atoms with Gasteiger partial charge in [-0.15, -0.1) is 0 Å². The van der Waals surface area contributed by atoms with Crippen LogP contribution in [0, 0.1) is 0 Å². The van der Waals surface area contributed by atoms with Gasteiger partial charge in [0.25, 0.3) is 0 Å². The van der Waals surface area contributed by atoms with Crippen LogP contribution in [0.25, 0.3) is 10.4 Å². The van der Waals surface area contributed by atoms with Crippen molar-refractivity contribution >= 4 is 23.5 Å². The minimum Gasteiger partial charge on any atom is -0.462 e. The van der Waals surface area contributed by atoms with Crippen LogP contribution in [0.4, 0.5) is 0 Å². The molecular weight excluding hydrogens is 290 g/mol. The number of carbonyl (C=O) groups is 2. The lowest BCUT2D eigenvalue weighted by Gasteiger charge is -2.05. The number of rotatable bonds is 5. The molecule has 0 N–H and O–H groups in total. The number of aromatic nitrogens is 1. The fourth-order valence-electron chi connectivity index (χ4n) is 1.81. The average Bonchev–Trinajstić information content (AvgIpc) is 2.93. The third kappa shape index (κ3) is 3.28. The summed E-state index contributed by atoms with van der Waals surface area (Å²) < 4.78 is 14.1. The maximum absolute atomic E-state index is 12.2. The van der Waals surface area contributed by atoms with Crippen molar-refractivity contribution in [3.05, 3.63) is 41.6 Å². The van der Waals surface area contributed by atoms with Crippen molar-refractivity contribution in [3.8, 4) is 10.4 Å². The van der Waals surface area contributed by atoms with Gasteiger partial charge in [-0.05, 0) is 30.9 Å². The zero-order valence-corrected chi connectivity index (χ0v) is 12.6. The minimum atomic E-state index is -0.612. The fourth-order valence-corrected chi connectivity index (χ4v) is 2.67. The SMILES string of the molecule is CCOC(=O)c1nsc(-c2ccccc2)c1C(=O)OCC. The van der Waals surface area contributed by atoms with Gasteiger partial charge < -0.3 is 9.47 Å². The summed E-state index contributed by atoms with van der Waals surface area (Å²) in [6.07, 6.45) is 0. The molecule has 110 valence electrons. The van der Waals surface area contributed by atoms with Gasteiger partial charge in [-0.1, -0.05) is 30.3 Å². The monoisotopic (exact) mass is 305 g/mol. The number of ether oxygens (including phenoxy) is 2. The van der Waals surface area contributed by atoms with Crippen LogP contribution >= 0.6 is 11.5 Å². The lowest BCUT2D eigenvalue weighted by atomic mass is 10.1. The number of carbonyl (C=O) groups excluding carboxylic acids is 2. The van der Waals surface area contributed by atoms with Crippen molar-refractivity contribution in [2.24, 2.45) is 0 Å². The lowest BCUT2D eigenvalue weighted by Crippen LogP contribution is -2.13. The Morgan fingerprint density at radius 3 is 2.29 bits per heavy atom. The van der Waals surface area contributed by atoms with Gasteiger partial charge in [0.1, 0.15) is 5.56 Å². The van der Waals surface area contributed by atoms with E-state index >= 15 is 0 Å². The molecule has 0 bridgehead atoms. The summed E-state index contributed by atoms with van der Waals surface area (Å²) >= 11 is 1.09. The van der Waals surface area contributed by atoms with Gasteiger partial charge in [0.2, 0.25) is 0 Å². The molecule has 0 spiro atoms. The standard InChI is InChI=1S/C15H15NO4S/c1-3-19-14(17)11-12(15(18)20-4-2)16-21-13(11)10-8-6-5-7-9-10/h5-9H,3-4H2,1-2H3. The van der Waals surface area contributed by atoms with Crippen LogP contribution in [0.1, 0.15) is 34.7 Å². The minimum absolute atomic E-state index is 0.0131. The molecule has 0 saturated heterocycles. The summed E-state index contributed by atoms with van der Waals surface area (Å²) in [6.45, 7) is 3.86. The molecule has 6 heteroatoms. The van der Waals surface area contributed by atoms with Gasteiger partial charge >= 0.3 is 11.9 Å². The van der Waals surface area contributed by atoms with E-state index in [1.54, 1.807) is 13.8 Å². The maximum atomic E-state index is 12.2. The molecule has 0 aliphatic carbocycles. The molecule has 2 aromatic rings. The van der Waals surface area contributed by atoms with Gasteiger partial charge in [0.15, 0.2) is 5.69 Å². The average molecular weight is 305 g/mol. The molecular formula is C15H15NO4S. The summed E-state index contributed by atoms with van der Waals surface area (Å²) in [7, 11) is 0. The van der Waals surface area contributed by atoms with Crippen molar-refractivity contribution in [1.29, 1.82) is 0 Å². The Balaban J connectivity index is 2.51. The third-order valence-corrected chi connectivity index (χ3v) is 3.57. The first-order valence-electron chi connectivity index (χ1n) is 6.58. The number of hydrogen-bond donors (Lipinski definition) is 0. The summed E-state index contributed by atoms with van der Waals surface area (Å²) in [5.41, 5.74) is 0.999. The predicted octanol–water partition coefficient (Wildman–Crippen LogP) is 3.16. The number of benzene rings is 1. The molecule has 5 nitrogen and oxygen atoms in total. The van der Waals surface area contributed by atoms with Crippen LogP contribution in [-0.2, 0) is 9.47 Å². The van der Waals surface area contributed by atoms with Crippen LogP contribution < -0.4 is 0 Å². The number of esters is 2. The van der Waals surface area contributed by atoms with Crippen LogP contribution in [0.15, 0.2) is 30.3 Å². The molecule has 1 aromatic carbocycles. The van der Waals surface area contributed by atoms with Crippen molar-refractivity contribution in [3.63, 3.8) is 0 Å². The van der Waals surface area contributed by atoms with Crippen molar-refractivity contribution in [2.45, 2.75) is 13.8 Å². The quantitative estimate of drug-likeness (QED) is 0.794. The van der Waals surface area contributed by atoms with Gasteiger partial charge in [0.05, 0.1) is 18.1 Å². The fraction of sp³-hybridized carbons (Fsp3) is 0.267. The Bertz CT molecular complexity index is 636. The van der Waals surface area contributed by atoms with E-state index in [-0.39, 0.29) is 24.5 Å². The second-order valence-corrected chi connectivity index (χ2v) is 4.82. The van der Waals surface area contributed by atoms with E-state index in [1.165, 1.54) is 0 Å². The summed E-state index contributed by atoms with van der Waals surface area (Å²) in [5, 5.41) is 0. The second-order valence-electron chi connectivity index (χ2n) is 4.04. The van der Waals surface area contributed by atoms with Gasteiger partial charge in [0, 0.05) is 0 Å². The molecule has 21 heavy (non-hydrogen) atoms. The van der Waals surface area contributed by atoms with Gasteiger partial charge in [-0.2, -0.15) is 4.37 Å². The van der Waals surface area contributed by atoms with Gasteiger partial charge in [-0.3, -0.25) is 0 Å². The van der Waals surface area contributed by atoms with Crippen molar-refractivity contribution in [1.82, 2.24) is 4.37 Å². The van der Waals surface area contributed by atoms with Gasteiger partial charge in [-0.25, -0.2) is 9.59 Å². The lowest BCUT2D eigenvalue weighted by molar-refractivity contribution is 0.0476. The van der Waals surface area contributed by atoms with E-state index in [1.807, 2.05) is 30.3 Å². The largest absolute Gasteiger partial charge is 0.462 e. The third-order valence-electron chi connectivity index (χ3n) is 2.68. The zero-order valence-electron chi connectivity index (χ0n) is 11.8. The first kappa shape index (κ1) is 15.2. The highest BCUT2D eigenvalue weighted by Crippen LogP contribution is 2.31. The Kier molecular flexibility index (Phi) is 5.05. The summed E-state index contributed by atoms with van der Waals surface area (Å²) in [6, 6.07) is 9.29. The van der Waals surface area contributed by atoms with E-state index in [9.17, 15) is 9.59 Å². The van der Waals surface area contributed by atoms with Crippen molar-refractivity contribution < 1.29 is 19.1 Å². The maximum Gasteiger partial charge on any atom is 0.358 e. The molecule has 1 heterocycles. The molecule has 0 aliphatic rings. The van der Waals surface area contributed by atoms with E-state index < -0.39 is 11.9 Å². The molecule has 0 atom stereocenters. The molecule has 1 aromatic heterocycles. The Morgan fingerprint density at radius 2 is 1.67 bits per heavy atom. The van der Waals surface area contributed by atoms with E-state index in [0.29, 0.717) is 4.88 Å². The molecule has 0 saturated carbocycles. The highest BCUT2D eigenvalue weighted by Gasteiger charge is 2.28. The molecule has 0 radical (unpaired) electrons. The molecule has 0 unspecified atom stereocenters. The first-order valence-corrected chi connectivity index (χ1v) is 7.35. The number of nitrogens with zero attached hydrogens (tertiary/aromatic N) is 1. The zero-order chi connectivity index (χ0) is 15.2. The Morgan fingerprint density at radius 1 is 1.05 bits per heavy atom. The van der Waals surface area contributed by atoms with Crippen LogP contribution in [0.3, 0.4) is 0 Å². The van der Waals surface area contributed by atoms with Crippen molar-refractivity contribution in [2.75, 3.05) is 13.2 Å². The topological polar surface area (TPSA) is 65.5 Å². The summed E-state index contributed by atoms with van der Waals surface area (Å²) in [4.78, 5) is 24.7. The predicted molar refractivity (Wildman–Crippen MR) is 79.5 cm³/mol. The van der Waals surface area contributed by atoms with Crippen LogP contribution in [0.2, 0.25) is 0 Å². The highest BCUT2D eigenvalue weighted by molar-refractivity contribution is 7.10. The summed E-state index contributed by atoms with van der Waals surface area (Å²) in [5.74, 6) is -1.17. The molecule has 0 fully saturated rings. The number of hydrogen-bond acceptors (Lipinski definition) is 6. The van der Waals surface area contributed by atoms with E-state index in [2.05, 4.69) is 4.37 Å². The first-order chi connectivity index (χ1) is 10.2. The van der Waals surface area contributed by atoms with Crippen LogP contribution in [0.5, 0.6) is 0 Å². The highest BCUT2D eigenvalue weighted by atomic mass is 32.1. The normalized spacial score (nSPS) is 10.2. The van der Waals surface area contributed by atoms with E-state index in [0.717, 1.165) is 17.1 Å². The second kappa shape index (κ2) is 6.99. The molecule has 0 amide bonds.